The second kappa shape index (κ2) is 13.7. The Balaban J connectivity index is 1.15. The molecule has 2 heterocycles. The average molecular weight is 623 g/mol. The predicted octanol–water partition coefficient (Wildman–Crippen LogP) is 3.58. The summed E-state index contributed by atoms with van der Waals surface area (Å²) in [6.45, 7) is 2.11. The number of likely N-dealkylation sites (N-methyl/N-ethyl adjacent to an activating group) is 1. The van der Waals surface area contributed by atoms with E-state index < -0.39 is 16.1 Å². The summed E-state index contributed by atoms with van der Waals surface area (Å²) in [5.41, 5.74) is 2.58. The van der Waals surface area contributed by atoms with Gasteiger partial charge in [0.05, 0.1) is 19.1 Å². The van der Waals surface area contributed by atoms with Crippen LogP contribution in [0, 0.1) is 0 Å². The molecule has 0 bridgehead atoms. The van der Waals surface area contributed by atoms with Gasteiger partial charge in [-0.25, -0.2) is 13.2 Å². The molecule has 12 heteroatoms. The smallest absolute Gasteiger partial charge is 0.410 e. The number of anilines is 1. The molecule has 2 fully saturated rings. The molecule has 2 amide bonds. The first-order valence-electron chi connectivity index (χ1n) is 14.5. The molecule has 0 radical (unpaired) electrons. The first-order chi connectivity index (χ1) is 21.2. The summed E-state index contributed by atoms with van der Waals surface area (Å²) in [7, 11) is 1.41. The molecule has 5 rings (SSSR count). The normalized spacial score (nSPS) is 17.6. The van der Waals surface area contributed by atoms with E-state index in [-0.39, 0.29) is 49.6 Å². The van der Waals surface area contributed by atoms with Gasteiger partial charge in [0.25, 0.3) is 0 Å². The molecule has 0 saturated carbocycles. The lowest BCUT2D eigenvalue weighted by Crippen LogP contribution is -2.50. The zero-order chi connectivity index (χ0) is 31.3. The van der Waals surface area contributed by atoms with Crippen molar-refractivity contribution in [3.63, 3.8) is 0 Å². The first-order valence-corrected chi connectivity index (χ1v) is 15.9. The Bertz CT molecular complexity index is 1560. The van der Waals surface area contributed by atoms with Crippen molar-refractivity contribution in [3.8, 4) is 11.5 Å². The third kappa shape index (κ3) is 6.98. The minimum Gasteiger partial charge on any atom is -0.493 e. The van der Waals surface area contributed by atoms with Crippen LogP contribution in [0.4, 0.5) is 10.5 Å². The highest BCUT2D eigenvalue weighted by atomic mass is 32.2. The highest BCUT2D eigenvalue weighted by molar-refractivity contribution is 7.89. The average Bonchev–Trinajstić information content (AvgIpc) is 3.45. The molecule has 0 spiro atoms. The number of carbonyl (C=O) groups excluding carboxylic acids is 2. The van der Waals surface area contributed by atoms with Gasteiger partial charge in [-0.05, 0) is 54.6 Å². The van der Waals surface area contributed by atoms with Gasteiger partial charge in [-0.3, -0.25) is 9.69 Å². The predicted molar refractivity (Wildman–Crippen MR) is 165 cm³/mol. The van der Waals surface area contributed by atoms with Crippen molar-refractivity contribution < 1.29 is 32.2 Å². The maximum absolute atomic E-state index is 13.4. The largest absolute Gasteiger partial charge is 0.493 e. The summed E-state index contributed by atoms with van der Waals surface area (Å²) in [6.07, 6.45) is -0.0970. The molecular formula is C32H38N4O7S. The molecule has 0 unspecified atom stereocenters. The highest BCUT2D eigenvalue weighted by Gasteiger charge is 2.34. The van der Waals surface area contributed by atoms with Crippen molar-refractivity contribution in [3.05, 3.63) is 83.9 Å². The number of hydrogen-bond acceptors (Lipinski definition) is 8. The third-order valence-electron chi connectivity index (χ3n) is 8.10. The van der Waals surface area contributed by atoms with Crippen LogP contribution < -0.4 is 14.4 Å². The van der Waals surface area contributed by atoms with Gasteiger partial charge in [0.1, 0.15) is 6.61 Å². The summed E-state index contributed by atoms with van der Waals surface area (Å²) >= 11 is 0. The fraction of sp³-hybridized carbons (Fsp3) is 0.375. The number of nitrogens with zero attached hydrogens (tertiary/aromatic N) is 4. The summed E-state index contributed by atoms with van der Waals surface area (Å²) in [4.78, 5) is 31.0. The lowest BCUT2D eigenvalue weighted by molar-refractivity contribution is -0.117. The Kier molecular flexibility index (Phi) is 9.72. The van der Waals surface area contributed by atoms with Crippen molar-refractivity contribution in [2.45, 2.75) is 30.5 Å². The molecule has 2 aliphatic heterocycles. The standard InChI is InChI=1S/C32H38N4O7S/c1-33(21-25-9-14-29(41-2)30(19-25)42-3)27-20-31(37)36(22-27)26-10-12-28(13-11-26)44(39,40)35-17-15-34(16-18-35)32(38)43-23-24-7-5-4-6-8-24/h4-14,19,27H,15-18,20-23H2,1-3H3/t27-/m1/s1. The van der Waals surface area contributed by atoms with Gasteiger partial charge >= 0.3 is 6.09 Å². The van der Waals surface area contributed by atoms with E-state index in [4.69, 9.17) is 14.2 Å². The van der Waals surface area contributed by atoms with Crippen LogP contribution in [0.3, 0.4) is 0 Å². The van der Waals surface area contributed by atoms with Crippen molar-refractivity contribution in [1.29, 1.82) is 0 Å². The quantitative estimate of drug-likeness (QED) is 0.338. The van der Waals surface area contributed by atoms with Crippen molar-refractivity contribution in [1.82, 2.24) is 14.1 Å². The molecule has 234 valence electrons. The van der Waals surface area contributed by atoms with E-state index in [2.05, 4.69) is 4.90 Å². The van der Waals surface area contributed by atoms with Crippen LogP contribution in [0.15, 0.2) is 77.7 Å². The third-order valence-corrected chi connectivity index (χ3v) is 10.0. The molecule has 0 N–H and O–H groups in total. The molecule has 2 saturated heterocycles. The maximum Gasteiger partial charge on any atom is 0.410 e. The number of piperazine rings is 1. The van der Waals surface area contributed by atoms with Gasteiger partial charge in [0.2, 0.25) is 15.9 Å². The van der Waals surface area contributed by atoms with Crippen LogP contribution in [-0.4, -0.2) is 94.6 Å². The van der Waals surface area contributed by atoms with Gasteiger partial charge in [-0.15, -0.1) is 0 Å². The molecular weight excluding hydrogens is 584 g/mol. The molecule has 3 aromatic rings. The molecule has 44 heavy (non-hydrogen) atoms. The SMILES string of the molecule is COc1ccc(CN(C)[C@@H]2CC(=O)N(c3ccc(S(=O)(=O)N4CCN(C(=O)OCc5ccccc5)CC4)cc3)C2)cc1OC. The number of sulfonamides is 1. The highest BCUT2D eigenvalue weighted by Crippen LogP contribution is 2.30. The van der Waals surface area contributed by atoms with E-state index in [0.29, 0.717) is 36.7 Å². The summed E-state index contributed by atoms with van der Waals surface area (Å²) in [5, 5.41) is 0. The van der Waals surface area contributed by atoms with Crippen molar-refractivity contribution in [2.75, 3.05) is 58.9 Å². The summed E-state index contributed by atoms with van der Waals surface area (Å²) < 4.78 is 44.2. The van der Waals surface area contributed by atoms with Gasteiger partial charge in [-0.2, -0.15) is 4.31 Å². The number of amides is 2. The van der Waals surface area contributed by atoms with Crippen LogP contribution in [0.2, 0.25) is 0 Å². The van der Waals surface area contributed by atoms with E-state index in [9.17, 15) is 18.0 Å². The number of hydrogen-bond donors (Lipinski definition) is 0. The minimum absolute atomic E-state index is 0.00492. The van der Waals surface area contributed by atoms with Crippen molar-refractivity contribution in [2.24, 2.45) is 0 Å². The number of benzene rings is 3. The molecule has 11 nitrogen and oxygen atoms in total. The second-order valence-electron chi connectivity index (χ2n) is 10.9. The number of ether oxygens (including phenoxy) is 3. The van der Waals surface area contributed by atoms with Gasteiger partial charge in [0.15, 0.2) is 11.5 Å². The lowest BCUT2D eigenvalue weighted by Gasteiger charge is -2.33. The van der Waals surface area contributed by atoms with Crippen molar-refractivity contribution >= 4 is 27.7 Å². The van der Waals surface area contributed by atoms with E-state index in [1.807, 2.05) is 55.6 Å². The monoisotopic (exact) mass is 622 g/mol. The summed E-state index contributed by atoms with van der Waals surface area (Å²) in [6, 6.07) is 21.6. The Morgan fingerprint density at radius 3 is 2.23 bits per heavy atom. The van der Waals surface area contributed by atoms with Crippen LogP contribution >= 0.6 is 0 Å². The second-order valence-corrected chi connectivity index (χ2v) is 12.8. The Labute approximate surface area is 258 Å². The molecule has 2 aliphatic rings. The van der Waals surface area contributed by atoms with Crippen LogP contribution in [0.5, 0.6) is 11.5 Å². The molecule has 3 aromatic carbocycles. The van der Waals surface area contributed by atoms with Gasteiger partial charge in [0, 0.05) is 57.4 Å². The number of rotatable bonds is 10. The zero-order valence-electron chi connectivity index (χ0n) is 25.2. The fourth-order valence-corrected chi connectivity index (χ4v) is 6.92. The Morgan fingerprint density at radius 1 is 0.886 bits per heavy atom. The molecule has 1 atom stereocenters. The number of carbonyl (C=O) groups is 2. The lowest BCUT2D eigenvalue weighted by atomic mass is 10.1. The fourth-order valence-electron chi connectivity index (χ4n) is 5.50. The molecule has 0 aliphatic carbocycles. The topological polar surface area (TPSA) is 109 Å². The Hall–Kier alpha value is -4.13. The summed E-state index contributed by atoms with van der Waals surface area (Å²) in [5.74, 6) is 1.30. The minimum atomic E-state index is -3.77. The van der Waals surface area contributed by atoms with Gasteiger partial charge in [-0.1, -0.05) is 36.4 Å². The van der Waals surface area contributed by atoms with Gasteiger partial charge < -0.3 is 24.0 Å². The number of methoxy groups -OCH3 is 2. The van der Waals surface area contributed by atoms with E-state index in [0.717, 1.165) is 11.1 Å². The van der Waals surface area contributed by atoms with E-state index >= 15 is 0 Å². The van der Waals surface area contributed by atoms with E-state index in [1.165, 1.54) is 9.21 Å². The first kappa shape index (κ1) is 31.3. The Morgan fingerprint density at radius 2 is 1.57 bits per heavy atom. The van der Waals surface area contributed by atoms with Crippen LogP contribution in [0.1, 0.15) is 17.5 Å². The molecule has 0 aromatic heterocycles. The maximum atomic E-state index is 13.4. The van der Waals surface area contributed by atoms with E-state index in [1.54, 1.807) is 43.4 Å². The van der Waals surface area contributed by atoms with Crippen LogP contribution in [-0.2, 0) is 32.7 Å². The zero-order valence-corrected chi connectivity index (χ0v) is 26.0. The van der Waals surface area contributed by atoms with Crippen LogP contribution in [0.25, 0.3) is 0 Å².